The Morgan fingerprint density at radius 2 is 1.62 bits per heavy atom. The van der Waals surface area contributed by atoms with Crippen LogP contribution in [0.1, 0.15) is 22.5 Å². The summed E-state index contributed by atoms with van der Waals surface area (Å²) in [7, 11) is -3.86. The van der Waals surface area contributed by atoms with Gasteiger partial charge < -0.3 is 9.64 Å². The van der Waals surface area contributed by atoms with Gasteiger partial charge in [0.2, 0.25) is 16.0 Å². The Labute approximate surface area is 167 Å². The fourth-order valence-electron chi connectivity index (χ4n) is 2.95. The van der Waals surface area contributed by atoms with Crippen molar-refractivity contribution in [3.05, 3.63) is 46.8 Å². The Morgan fingerprint density at radius 3 is 2.14 bits per heavy atom. The number of sulfonamides is 1. The van der Waals surface area contributed by atoms with E-state index in [1.54, 1.807) is 13.8 Å². The van der Waals surface area contributed by atoms with Gasteiger partial charge in [0.15, 0.2) is 0 Å². The molecule has 0 spiro atoms. The van der Waals surface area contributed by atoms with E-state index in [4.69, 9.17) is 4.74 Å². The predicted octanol–water partition coefficient (Wildman–Crippen LogP) is 2.89. The van der Waals surface area contributed by atoms with E-state index >= 15 is 0 Å². The van der Waals surface area contributed by atoms with Crippen LogP contribution in [0.3, 0.4) is 0 Å². The summed E-state index contributed by atoms with van der Waals surface area (Å²) in [6.45, 7) is 5.80. The van der Waals surface area contributed by atoms with E-state index in [2.05, 4.69) is 14.7 Å². The summed E-state index contributed by atoms with van der Waals surface area (Å²) in [5.41, 5.74) is 0.621. The van der Waals surface area contributed by atoms with Crippen molar-refractivity contribution in [1.29, 1.82) is 0 Å². The van der Waals surface area contributed by atoms with Crippen LogP contribution in [0.5, 0.6) is 0 Å². The molecule has 1 aromatic carbocycles. The summed E-state index contributed by atoms with van der Waals surface area (Å²) in [6.07, 6.45) is -4.47. The van der Waals surface area contributed by atoms with Crippen LogP contribution in [-0.4, -0.2) is 44.7 Å². The summed E-state index contributed by atoms with van der Waals surface area (Å²) in [6, 6.07) is 4.03. The number of aryl methyl sites for hydroxylation is 2. The number of benzene rings is 1. The van der Waals surface area contributed by atoms with Crippen LogP contribution in [0.2, 0.25) is 0 Å². The third-order valence-electron chi connectivity index (χ3n) is 4.45. The maximum Gasteiger partial charge on any atom is 0.416 e. The Morgan fingerprint density at radius 1 is 1.07 bits per heavy atom. The minimum absolute atomic E-state index is 0.242. The molecule has 1 aliphatic rings. The number of rotatable bonds is 5. The lowest BCUT2D eigenvalue weighted by atomic mass is 10.1. The van der Waals surface area contributed by atoms with E-state index in [0.717, 1.165) is 24.3 Å². The zero-order valence-electron chi connectivity index (χ0n) is 16.0. The fraction of sp³-hybridized carbons (Fsp3) is 0.444. The molecule has 1 saturated heterocycles. The molecule has 29 heavy (non-hydrogen) atoms. The van der Waals surface area contributed by atoms with Crippen LogP contribution in [-0.2, 0) is 26.7 Å². The summed E-state index contributed by atoms with van der Waals surface area (Å²) >= 11 is 0. The first kappa shape index (κ1) is 21.3. The predicted molar refractivity (Wildman–Crippen MR) is 102 cm³/mol. The van der Waals surface area contributed by atoms with Crippen molar-refractivity contribution in [2.24, 2.45) is 0 Å². The van der Waals surface area contributed by atoms with Crippen LogP contribution in [0.25, 0.3) is 0 Å². The Kier molecular flexibility index (Phi) is 5.99. The van der Waals surface area contributed by atoms with Gasteiger partial charge in [0.05, 0.1) is 41.6 Å². The van der Waals surface area contributed by atoms with Crippen molar-refractivity contribution >= 4 is 21.7 Å². The van der Waals surface area contributed by atoms with Gasteiger partial charge in [-0.2, -0.15) is 13.2 Å². The Bertz CT molecular complexity index is 950. The second-order valence-electron chi connectivity index (χ2n) is 6.72. The van der Waals surface area contributed by atoms with Gasteiger partial charge in [0.25, 0.3) is 0 Å². The summed E-state index contributed by atoms with van der Waals surface area (Å²) < 4.78 is 70.8. The number of alkyl halides is 3. The molecule has 11 heteroatoms. The van der Waals surface area contributed by atoms with Crippen LogP contribution >= 0.6 is 0 Å². The highest BCUT2D eigenvalue weighted by Gasteiger charge is 2.30. The first-order chi connectivity index (χ1) is 13.5. The van der Waals surface area contributed by atoms with Gasteiger partial charge in [-0.3, -0.25) is 4.72 Å². The molecule has 0 saturated carbocycles. The molecule has 7 nitrogen and oxygen atoms in total. The van der Waals surface area contributed by atoms with E-state index in [9.17, 15) is 21.6 Å². The molecule has 0 bridgehead atoms. The molecule has 1 fully saturated rings. The van der Waals surface area contributed by atoms with Gasteiger partial charge in [0, 0.05) is 13.1 Å². The van der Waals surface area contributed by atoms with Gasteiger partial charge in [-0.15, -0.1) is 0 Å². The summed E-state index contributed by atoms with van der Waals surface area (Å²) in [5, 5.41) is 0. The molecule has 2 aromatic rings. The topological polar surface area (TPSA) is 84.4 Å². The average molecular weight is 430 g/mol. The lowest BCUT2D eigenvalue weighted by Crippen LogP contribution is -2.37. The molecular formula is C18H21F3N4O3S. The van der Waals surface area contributed by atoms with Crippen molar-refractivity contribution in [3.8, 4) is 0 Å². The van der Waals surface area contributed by atoms with Crippen LogP contribution < -0.4 is 9.62 Å². The highest BCUT2D eigenvalue weighted by atomic mass is 32.2. The van der Waals surface area contributed by atoms with Crippen molar-refractivity contribution in [2.45, 2.75) is 25.8 Å². The van der Waals surface area contributed by atoms with Crippen molar-refractivity contribution < 1.29 is 26.3 Å². The molecule has 0 aliphatic carbocycles. The van der Waals surface area contributed by atoms with E-state index in [1.165, 1.54) is 0 Å². The molecule has 158 valence electrons. The van der Waals surface area contributed by atoms with Gasteiger partial charge >= 0.3 is 6.18 Å². The second-order valence-corrected chi connectivity index (χ2v) is 8.45. The monoisotopic (exact) mass is 430 g/mol. The number of nitrogens with one attached hydrogen (secondary N) is 1. The molecule has 0 atom stereocenters. The van der Waals surface area contributed by atoms with Crippen molar-refractivity contribution in [2.75, 3.05) is 35.9 Å². The lowest BCUT2D eigenvalue weighted by molar-refractivity contribution is -0.137. The fourth-order valence-corrected chi connectivity index (χ4v) is 4.26. The largest absolute Gasteiger partial charge is 0.416 e. The minimum atomic E-state index is -4.47. The summed E-state index contributed by atoms with van der Waals surface area (Å²) in [4.78, 5) is 10.8. The number of hydrogen-bond donors (Lipinski definition) is 1. The molecule has 3 rings (SSSR count). The van der Waals surface area contributed by atoms with Crippen molar-refractivity contribution in [3.63, 3.8) is 0 Å². The molecule has 1 aromatic heterocycles. The Balaban J connectivity index is 1.76. The van der Waals surface area contributed by atoms with E-state index in [1.807, 2.05) is 4.90 Å². The standard InChI is InChI=1S/C18H21F3N4O3S/c1-12-16(13(2)23-17(22-12)25-7-9-28-10-8-25)24-29(26,27)11-14-3-5-15(6-4-14)18(19,20)21/h3-6,24H,7-11H2,1-2H3. The first-order valence-electron chi connectivity index (χ1n) is 8.90. The third-order valence-corrected chi connectivity index (χ3v) is 5.68. The van der Waals surface area contributed by atoms with Crippen molar-refractivity contribution in [1.82, 2.24) is 9.97 Å². The maximum atomic E-state index is 12.6. The molecule has 2 heterocycles. The SMILES string of the molecule is Cc1nc(N2CCOCC2)nc(C)c1NS(=O)(=O)Cc1ccc(C(F)(F)F)cc1. The number of ether oxygens (including phenoxy) is 1. The second kappa shape index (κ2) is 8.15. The molecule has 0 unspecified atom stereocenters. The van der Waals surface area contributed by atoms with Gasteiger partial charge in [-0.05, 0) is 31.5 Å². The van der Waals surface area contributed by atoms with Gasteiger partial charge in [0.1, 0.15) is 0 Å². The normalized spacial score (nSPS) is 15.4. The quantitative estimate of drug-likeness (QED) is 0.785. The zero-order valence-corrected chi connectivity index (χ0v) is 16.8. The van der Waals surface area contributed by atoms with E-state index in [0.29, 0.717) is 43.6 Å². The number of anilines is 2. The maximum absolute atomic E-state index is 12.6. The van der Waals surface area contributed by atoms with Gasteiger partial charge in [-0.1, -0.05) is 12.1 Å². The summed E-state index contributed by atoms with van der Waals surface area (Å²) in [5.74, 6) is 0.0453. The van der Waals surface area contributed by atoms with Crippen LogP contribution in [0.15, 0.2) is 24.3 Å². The van der Waals surface area contributed by atoms with E-state index in [-0.39, 0.29) is 11.3 Å². The zero-order chi connectivity index (χ0) is 21.2. The molecule has 0 radical (unpaired) electrons. The Hall–Kier alpha value is -2.40. The highest BCUT2D eigenvalue weighted by Crippen LogP contribution is 2.29. The number of nitrogens with zero attached hydrogens (tertiary/aromatic N) is 3. The highest BCUT2D eigenvalue weighted by molar-refractivity contribution is 7.91. The van der Waals surface area contributed by atoms with Crippen LogP contribution in [0.4, 0.5) is 24.8 Å². The molecule has 1 aliphatic heterocycles. The smallest absolute Gasteiger partial charge is 0.378 e. The average Bonchev–Trinajstić information content (AvgIpc) is 2.64. The lowest BCUT2D eigenvalue weighted by Gasteiger charge is -2.27. The number of halogens is 3. The number of aromatic nitrogens is 2. The first-order valence-corrected chi connectivity index (χ1v) is 10.5. The molecule has 0 amide bonds. The van der Waals surface area contributed by atoms with Gasteiger partial charge in [-0.25, -0.2) is 18.4 Å². The molecular weight excluding hydrogens is 409 g/mol. The molecule has 1 N–H and O–H groups in total. The minimum Gasteiger partial charge on any atom is -0.378 e. The number of hydrogen-bond acceptors (Lipinski definition) is 6. The third kappa shape index (κ3) is 5.36. The van der Waals surface area contributed by atoms with E-state index < -0.39 is 27.5 Å². The number of morpholine rings is 1. The van der Waals surface area contributed by atoms with Crippen LogP contribution in [0, 0.1) is 13.8 Å².